The molecule has 1 aromatic heterocycles. The molecule has 0 aliphatic heterocycles. The molecule has 0 amide bonds. The summed E-state index contributed by atoms with van der Waals surface area (Å²) in [5.74, 6) is 0.128. The van der Waals surface area contributed by atoms with E-state index in [4.69, 9.17) is 9.47 Å². The van der Waals surface area contributed by atoms with Gasteiger partial charge in [-0.3, -0.25) is 0 Å². The topological polar surface area (TPSA) is 61.3 Å². The second-order valence-corrected chi connectivity index (χ2v) is 5.74. The number of benzene rings is 2. The summed E-state index contributed by atoms with van der Waals surface area (Å²) in [4.78, 5) is 20.0. The zero-order valence-corrected chi connectivity index (χ0v) is 13.9. The lowest BCUT2D eigenvalue weighted by molar-refractivity contribution is 0.0600. The Morgan fingerprint density at radius 1 is 1.17 bits per heavy atom. The predicted octanol–water partition coefficient (Wildman–Crippen LogP) is 3.76. The molecule has 3 aromatic rings. The SMILES string of the molecule is COC(=O)c1cccc(COc2ncnc3ccc(Br)cc23)c1. The van der Waals surface area contributed by atoms with Crippen LogP contribution in [-0.2, 0) is 11.3 Å². The third kappa shape index (κ3) is 3.48. The number of carbonyl (C=O) groups is 1. The van der Waals surface area contributed by atoms with Crippen LogP contribution in [0, 0.1) is 0 Å². The molecule has 3 rings (SSSR count). The first-order valence-electron chi connectivity index (χ1n) is 6.87. The lowest BCUT2D eigenvalue weighted by Crippen LogP contribution is -2.03. The molecule has 23 heavy (non-hydrogen) atoms. The van der Waals surface area contributed by atoms with Gasteiger partial charge in [0.1, 0.15) is 12.9 Å². The van der Waals surface area contributed by atoms with Crippen molar-refractivity contribution in [2.24, 2.45) is 0 Å². The first-order valence-corrected chi connectivity index (χ1v) is 7.67. The monoisotopic (exact) mass is 372 g/mol. The molecule has 2 aromatic carbocycles. The maximum Gasteiger partial charge on any atom is 0.337 e. The van der Waals surface area contributed by atoms with Crippen LogP contribution in [0.25, 0.3) is 10.9 Å². The zero-order chi connectivity index (χ0) is 16.2. The Balaban J connectivity index is 1.84. The Morgan fingerprint density at radius 3 is 2.87 bits per heavy atom. The fraction of sp³-hybridized carbons (Fsp3) is 0.118. The summed E-state index contributed by atoms with van der Waals surface area (Å²) in [5, 5.41) is 0.825. The highest BCUT2D eigenvalue weighted by Gasteiger charge is 2.08. The van der Waals surface area contributed by atoms with Crippen LogP contribution in [-0.4, -0.2) is 23.0 Å². The zero-order valence-electron chi connectivity index (χ0n) is 12.3. The van der Waals surface area contributed by atoms with Gasteiger partial charge < -0.3 is 9.47 Å². The average molecular weight is 373 g/mol. The van der Waals surface area contributed by atoms with Crippen molar-refractivity contribution >= 4 is 32.8 Å². The van der Waals surface area contributed by atoms with Crippen molar-refractivity contribution < 1.29 is 14.3 Å². The average Bonchev–Trinajstić information content (AvgIpc) is 2.59. The Morgan fingerprint density at radius 2 is 2.04 bits per heavy atom. The van der Waals surface area contributed by atoms with Gasteiger partial charge in [0.25, 0.3) is 0 Å². The van der Waals surface area contributed by atoms with Crippen LogP contribution < -0.4 is 4.74 Å². The van der Waals surface area contributed by atoms with Gasteiger partial charge in [0.15, 0.2) is 0 Å². The summed E-state index contributed by atoms with van der Waals surface area (Å²) in [6.45, 7) is 0.295. The second kappa shape index (κ2) is 6.75. The highest BCUT2D eigenvalue weighted by atomic mass is 79.9. The Hall–Kier alpha value is -2.47. The van der Waals surface area contributed by atoms with Crippen LogP contribution in [0.4, 0.5) is 0 Å². The molecule has 0 spiro atoms. The first kappa shape index (κ1) is 15.4. The Kier molecular flexibility index (Phi) is 4.52. The molecule has 0 atom stereocenters. The molecule has 116 valence electrons. The predicted molar refractivity (Wildman–Crippen MR) is 89.4 cm³/mol. The Bertz CT molecular complexity index is 867. The quantitative estimate of drug-likeness (QED) is 0.652. The molecular formula is C17H13BrN2O3. The molecule has 0 fully saturated rings. The number of carbonyl (C=O) groups excluding carboxylic acids is 1. The second-order valence-electron chi connectivity index (χ2n) is 4.82. The van der Waals surface area contributed by atoms with E-state index in [-0.39, 0.29) is 5.97 Å². The van der Waals surface area contributed by atoms with Gasteiger partial charge in [-0.15, -0.1) is 0 Å². The summed E-state index contributed by atoms with van der Waals surface area (Å²) in [6, 6.07) is 12.8. The minimum atomic E-state index is -0.372. The van der Waals surface area contributed by atoms with E-state index < -0.39 is 0 Å². The summed E-state index contributed by atoms with van der Waals surface area (Å²) >= 11 is 3.43. The van der Waals surface area contributed by atoms with E-state index in [1.54, 1.807) is 18.2 Å². The van der Waals surface area contributed by atoms with Crippen molar-refractivity contribution in [2.75, 3.05) is 7.11 Å². The van der Waals surface area contributed by atoms with Crippen molar-refractivity contribution in [3.63, 3.8) is 0 Å². The van der Waals surface area contributed by atoms with Crippen molar-refractivity contribution in [1.29, 1.82) is 0 Å². The van der Waals surface area contributed by atoms with Gasteiger partial charge in [0, 0.05) is 4.47 Å². The van der Waals surface area contributed by atoms with Gasteiger partial charge in [0.2, 0.25) is 5.88 Å². The van der Waals surface area contributed by atoms with E-state index in [1.165, 1.54) is 13.4 Å². The lowest BCUT2D eigenvalue weighted by atomic mass is 10.1. The largest absolute Gasteiger partial charge is 0.472 e. The minimum Gasteiger partial charge on any atom is -0.472 e. The number of hydrogen-bond acceptors (Lipinski definition) is 5. The number of nitrogens with zero attached hydrogens (tertiary/aromatic N) is 2. The molecule has 0 N–H and O–H groups in total. The summed E-state index contributed by atoms with van der Waals surface area (Å²) in [6.07, 6.45) is 1.47. The number of rotatable bonds is 4. The Labute approximate surface area is 141 Å². The molecule has 0 aliphatic carbocycles. The van der Waals surface area contributed by atoms with E-state index in [9.17, 15) is 4.79 Å². The summed E-state index contributed by atoms with van der Waals surface area (Å²) in [5.41, 5.74) is 2.15. The van der Waals surface area contributed by atoms with Gasteiger partial charge in [-0.1, -0.05) is 28.1 Å². The molecule has 5 nitrogen and oxygen atoms in total. The molecule has 0 saturated heterocycles. The number of fused-ring (bicyclic) bond motifs is 1. The van der Waals surface area contributed by atoms with E-state index in [0.717, 1.165) is 20.9 Å². The molecule has 0 aliphatic rings. The highest BCUT2D eigenvalue weighted by molar-refractivity contribution is 9.10. The third-order valence-electron chi connectivity index (χ3n) is 3.28. The molecule has 0 saturated carbocycles. The molecule has 0 unspecified atom stereocenters. The molecule has 0 radical (unpaired) electrons. The molecular weight excluding hydrogens is 360 g/mol. The van der Waals surface area contributed by atoms with Crippen LogP contribution in [0.2, 0.25) is 0 Å². The van der Waals surface area contributed by atoms with Crippen LogP contribution in [0.5, 0.6) is 5.88 Å². The molecule has 0 bridgehead atoms. The van der Waals surface area contributed by atoms with E-state index in [2.05, 4.69) is 25.9 Å². The third-order valence-corrected chi connectivity index (χ3v) is 3.78. The van der Waals surface area contributed by atoms with Crippen LogP contribution in [0.15, 0.2) is 53.3 Å². The number of halogens is 1. The number of hydrogen-bond donors (Lipinski definition) is 0. The van der Waals surface area contributed by atoms with Gasteiger partial charge in [-0.05, 0) is 35.9 Å². The summed E-state index contributed by atoms with van der Waals surface area (Å²) in [7, 11) is 1.36. The smallest absolute Gasteiger partial charge is 0.337 e. The number of ether oxygens (including phenoxy) is 2. The normalized spacial score (nSPS) is 10.5. The number of esters is 1. The van der Waals surface area contributed by atoms with Gasteiger partial charge in [0.05, 0.1) is 23.6 Å². The first-order chi connectivity index (χ1) is 11.2. The van der Waals surface area contributed by atoms with Gasteiger partial charge in [-0.25, -0.2) is 14.8 Å². The molecule has 1 heterocycles. The van der Waals surface area contributed by atoms with Crippen LogP contribution in [0.3, 0.4) is 0 Å². The van der Waals surface area contributed by atoms with E-state index in [0.29, 0.717) is 18.1 Å². The maximum absolute atomic E-state index is 11.6. The minimum absolute atomic E-state index is 0.295. The van der Waals surface area contributed by atoms with E-state index in [1.807, 2.05) is 24.3 Å². The maximum atomic E-state index is 11.6. The lowest BCUT2D eigenvalue weighted by Gasteiger charge is -2.09. The standard InChI is InChI=1S/C17H13BrN2O3/c1-22-17(21)12-4-2-3-11(7-12)9-23-16-14-8-13(18)5-6-15(14)19-10-20-16/h2-8,10H,9H2,1H3. The van der Waals surface area contributed by atoms with Gasteiger partial charge in [-0.2, -0.15) is 0 Å². The fourth-order valence-corrected chi connectivity index (χ4v) is 2.54. The summed E-state index contributed by atoms with van der Waals surface area (Å²) < 4.78 is 11.5. The van der Waals surface area contributed by atoms with Crippen molar-refractivity contribution in [2.45, 2.75) is 6.61 Å². The van der Waals surface area contributed by atoms with E-state index >= 15 is 0 Å². The van der Waals surface area contributed by atoms with Crippen LogP contribution >= 0.6 is 15.9 Å². The van der Waals surface area contributed by atoms with Crippen molar-refractivity contribution in [3.05, 3.63) is 64.4 Å². The highest BCUT2D eigenvalue weighted by Crippen LogP contribution is 2.25. The van der Waals surface area contributed by atoms with Gasteiger partial charge >= 0.3 is 5.97 Å². The van der Waals surface area contributed by atoms with Crippen LogP contribution in [0.1, 0.15) is 15.9 Å². The van der Waals surface area contributed by atoms with Crippen molar-refractivity contribution in [3.8, 4) is 5.88 Å². The number of methoxy groups -OCH3 is 1. The fourth-order valence-electron chi connectivity index (χ4n) is 2.18. The molecule has 6 heteroatoms. The number of aromatic nitrogens is 2. The van der Waals surface area contributed by atoms with Crippen molar-refractivity contribution in [1.82, 2.24) is 9.97 Å².